The number of unbranched alkanes of at least 4 members (excludes halogenated alkanes) is 1. The van der Waals surface area contributed by atoms with Crippen LogP contribution < -0.4 is 10.6 Å². The molecule has 0 aliphatic carbocycles. The van der Waals surface area contributed by atoms with Gasteiger partial charge in [0.25, 0.3) is 17.5 Å². The number of nitrogens with one attached hydrogen (secondary N) is 2. The molecule has 0 bridgehead atoms. The lowest BCUT2D eigenvalue weighted by Gasteiger charge is -2.12. The summed E-state index contributed by atoms with van der Waals surface area (Å²) in [5.41, 5.74) is 3.77. The zero-order valence-corrected chi connectivity index (χ0v) is 19.2. The van der Waals surface area contributed by atoms with Gasteiger partial charge in [-0.25, -0.2) is 0 Å². The lowest BCUT2D eigenvalue weighted by molar-refractivity contribution is -0.384. The van der Waals surface area contributed by atoms with Gasteiger partial charge in [-0.2, -0.15) is 0 Å². The third kappa shape index (κ3) is 6.87. The van der Waals surface area contributed by atoms with Crippen molar-refractivity contribution in [1.82, 2.24) is 5.32 Å². The second-order valence-corrected chi connectivity index (χ2v) is 7.98. The monoisotopic (exact) mass is 457 g/mol. The third-order valence-corrected chi connectivity index (χ3v) is 5.25. The van der Waals surface area contributed by atoms with Crippen LogP contribution in [0.25, 0.3) is 6.08 Å². The number of aryl methyl sites for hydroxylation is 2. The van der Waals surface area contributed by atoms with Gasteiger partial charge in [0.1, 0.15) is 5.70 Å². The number of anilines is 1. The number of hydrogen-bond acceptors (Lipinski definition) is 4. The molecule has 174 valence electrons. The molecule has 2 N–H and O–H groups in total. The van der Waals surface area contributed by atoms with Crippen molar-refractivity contribution in [2.24, 2.45) is 0 Å². The van der Waals surface area contributed by atoms with E-state index in [1.807, 2.05) is 43.3 Å². The molecule has 0 heterocycles. The van der Waals surface area contributed by atoms with E-state index in [1.165, 1.54) is 24.3 Å². The molecule has 0 aliphatic heterocycles. The summed E-state index contributed by atoms with van der Waals surface area (Å²) in [6.45, 7) is 4.09. The van der Waals surface area contributed by atoms with Gasteiger partial charge in [0, 0.05) is 23.4 Å². The Balaban J connectivity index is 1.81. The minimum Gasteiger partial charge on any atom is -0.321 e. The Morgan fingerprint density at radius 3 is 2.18 bits per heavy atom. The van der Waals surface area contributed by atoms with Gasteiger partial charge in [-0.15, -0.1) is 0 Å². The van der Waals surface area contributed by atoms with Crippen LogP contribution in [0.3, 0.4) is 0 Å². The summed E-state index contributed by atoms with van der Waals surface area (Å²) < 4.78 is 0. The van der Waals surface area contributed by atoms with E-state index in [4.69, 9.17) is 0 Å². The lowest BCUT2D eigenvalue weighted by Crippen LogP contribution is -2.30. The maximum Gasteiger partial charge on any atom is 0.272 e. The van der Waals surface area contributed by atoms with Crippen LogP contribution in [-0.2, 0) is 11.2 Å². The van der Waals surface area contributed by atoms with Crippen molar-refractivity contribution in [2.75, 3.05) is 5.32 Å². The van der Waals surface area contributed by atoms with E-state index < -0.39 is 16.7 Å². The second-order valence-electron chi connectivity index (χ2n) is 7.98. The normalized spacial score (nSPS) is 11.1. The van der Waals surface area contributed by atoms with Crippen molar-refractivity contribution in [3.05, 3.63) is 111 Å². The summed E-state index contributed by atoms with van der Waals surface area (Å²) in [6, 6.07) is 20.4. The standard InChI is InChI=1S/C27H27N3O4/c1-3-4-5-20-10-12-22(13-11-20)26(31)29-25(18-21-8-6-19(2)7-9-21)27(32)28-23-14-16-24(17-15-23)30(33)34/h6-18H,3-5H2,1-2H3,(H,28,32)(H,29,31)/b25-18-. The summed E-state index contributed by atoms with van der Waals surface area (Å²) in [5.74, 6) is -0.943. The van der Waals surface area contributed by atoms with Gasteiger partial charge in [0.15, 0.2) is 0 Å². The van der Waals surface area contributed by atoms with Crippen molar-refractivity contribution < 1.29 is 14.5 Å². The molecular weight excluding hydrogens is 430 g/mol. The van der Waals surface area contributed by atoms with Gasteiger partial charge in [0.2, 0.25) is 0 Å². The molecule has 0 saturated heterocycles. The first-order valence-electron chi connectivity index (χ1n) is 11.1. The second kappa shape index (κ2) is 11.6. The Labute approximate surface area is 198 Å². The Kier molecular flexibility index (Phi) is 8.29. The number of nitrogens with zero attached hydrogens (tertiary/aromatic N) is 1. The van der Waals surface area contributed by atoms with Gasteiger partial charge in [-0.05, 0) is 61.2 Å². The van der Waals surface area contributed by atoms with Crippen LogP contribution in [-0.4, -0.2) is 16.7 Å². The van der Waals surface area contributed by atoms with Crippen LogP contribution in [0.1, 0.15) is 46.8 Å². The van der Waals surface area contributed by atoms with E-state index in [1.54, 1.807) is 18.2 Å². The largest absolute Gasteiger partial charge is 0.321 e. The third-order valence-electron chi connectivity index (χ3n) is 5.25. The van der Waals surface area contributed by atoms with E-state index in [-0.39, 0.29) is 11.4 Å². The van der Waals surface area contributed by atoms with E-state index >= 15 is 0 Å². The van der Waals surface area contributed by atoms with Crippen LogP contribution >= 0.6 is 0 Å². The molecule has 34 heavy (non-hydrogen) atoms. The summed E-state index contributed by atoms with van der Waals surface area (Å²) in [5, 5.41) is 16.3. The van der Waals surface area contributed by atoms with Crippen molar-refractivity contribution in [1.29, 1.82) is 0 Å². The SMILES string of the molecule is CCCCc1ccc(C(=O)N/C(=C\c2ccc(C)cc2)C(=O)Nc2ccc([N+](=O)[O-])cc2)cc1. The predicted octanol–water partition coefficient (Wildman–Crippen LogP) is 5.66. The van der Waals surface area contributed by atoms with Crippen LogP contribution in [0.5, 0.6) is 0 Å². The molecule has 3 rings (SSSR count). The molecular formula is C27H27N3O4. The minimum absolute atomic E-state index is 0.0577. The van der Waals surface area contributed by atoms with E-state index in [2.05, 4.69) is 17.6 Å². The smallest absolute Gasteiger partial charge is 0.272 e. The Morgan fingerprint density at radius 2 is 1.59 bits per heavy atom. The molecule has 2 amide bonds. The molecule has 0 radical (unpaired) electrons. The highest BCUT2D eigenvalue weighted by Gasteiger charge is 2.16. The molecule has 3 aromatic rings. The Hall–Kier alpha value is -4.26. The molecule has 0 aliphatic rings. The fourth-order valence-corrected chi connectivity index (χ4v) is 3.25. The highest BCUT2D eigenvalue weighted by atomic mass is 16.6. The van der Waals surface area contributed by atoms with Crippen LogP contribution in [0.2, 0.25) is 0 Å². The van der Waals surface area contributed by atoms with Gasteiger partial charge >= 0.3 is 0 Å². The highest BCUT2D eigenvalue weighted by molar-refractivity contribution is 6.10. The molecule has 7 heteroatoms. The van der Waals surface area contributed by atoms with Gasteiger partial charge in [-0.3, -0.25) is 19.7 Å². The topological polar surface area (TPSA) is 101 Å². The predicted molar refractivity (Wildman–Crippen MR) is 133 cm³/mol. The van der Waals surface area contributed by atoms with Crippen molar-refractivity contribution in [3.8, 4) is 0 Å². The number of nitro benzene ring substituents is 1. The first kappa shape index (κ1) is 24.4. The quantitative estimate of drug-likeness (QED) is 0.246. The number of carbonyl (C=O) groups excluding carboxylic acids is 2. The van der Waals surface area contributed by atoms with Crippen LogP contribution in [0.4, 0.5) is 11.4 Å². The maximum atomic E-state index is 13.0. The van der Waals surface area contributed by atoms with Crippen LogP contribution in [0.15, 0.2) is 78.5 Å². The molecule has 0 saturated carbocycles. The molecule has 0 aromatic heterocycles. The van der Waals surface area contributed by atoms with Crippen LogP contribution in [0, 0.1) is 17.0 Å². The van der Waals surface area contributed by atoms with Crippen molar-refractivity contribution in [3.63, 3.8) is 0 Å². The maximum absolute atomic E-state index is 13.0. The van der Waals surface area contributed by atoms with E-state index in [0.29, 0.717) is 11.3 Å². The first-order valence-corrected chi connectivity index (χ1v) is 11.1. The average molecular weight is 458 g/mol. The van der Waals surface area contributed by atoms with Gasteiger partial charge < -0.3 is 10.6 Å². The number of hydrogen-bond donors (Lipinski definition) is 2. The minimum atomic E-state index is -0.539. The summed E-state index contributed by atoms with van der Waals surface area (Å²) in [6.07, 6.45) is 4.72. The first-order chi connectivity index (χ1) is 16.4. The highest BCUT2D eigenvalue weighted by Crippen LogP contribution is 2.17. The summed E-state index contributed by atoms with van der Waals surface area (Å²) in [7, 11) is 0. The van der Waals surface area contributed by atoms with Gasteiger partial charge in [-0.1, -0.05) is 55.3 Å². The number of benzene rings is 3. The number of nitro groups is 1. The molecule has 3 aromatic carbocycles. The molecule has 0 unspecified atom stereocenters. The fourth-order valence-electron chi connectivity index (χ4n) is 3.25. The summed E-state index contributed by atoms with van der Waals surface area (Å²) in [4.78, 5) is 36.3. The number of non-ortho nitro benzene ring substituents is 1. The van der Waals surface area contributed by atoms with Crippen molar-refractivity contribution in [2.45, 2.75) is 33.1 Å². The molecule has 0 atom stereocenters. The van der Waals surface area contributed by atoms with Crippen molar-refractivity contribution >= 4 is 29.3 Å². The summed E-state index contributed by atoms with van der Waals surface area (Å²) >= 11 is 0. The molecule has 7 nitrogen and oxygen atoms in total. The average Bonchev–Trinajstić information content (AvgIpc) is 2.84. The fraction of sp³-hybridized carbons (Fsp3) is 0.185. The zero-order valence-electron chi connectivity index (χ0n) is 19.2. The molecule has 0 spiro atoms. The number of rotatable bonds is 9. The number of amides is 2. The van der Waals surface area contributed by atoms with Gasteiger partial charge in [0.05, 0.1) is 4.92 Å². The Bertz CT molecular complexity index is 1180. The molecule has 0 fully saturated rings. The van der Waals surface area contributed by atoms with E-state index in [0.717, 1.165) is 36.0 Å². The van der Waals surface area contributed by atoms with E-state index in [9.17, 15) is 19.7 Å². The lowest BCUT2D eigenvalue weighted by atomic mass is 10.1. The Morgan fingerprint density at radius 1 is 0.941 bits per heavy atom. The number of carbonyl (C=O) groups is 2. The zero-order chi connectivity index (χ0) is 24.5.